The molecule has 0 bridgehead atoms. The van der Waals surface area contributed by atoms with E-state index in [1.807, 2.05) is 0 Å². The molecule has 0 fully saturated rings. The Kier molecular flexibility index (Phi) is 10.4. The van der Waals surface area contributed by atoms with Gasteiger partial charge in [-0.05, 0) is 97.9 Å². The zero-order valence-electron chi connectivity index (χ0n) is 36.6. The molecule has 5 aromatic rings. The molecule has 0 atom stereocenters. The highest BCUT2D eigenvalue weighted by Gasteiger charge is 2.59. The molecular weight excluding hydrogens is 677 g/mol. The molecule has 0 unspecified atom stereocenters. The van der Waals surface area contributed by atoms with Gasteiger partial charge < -0.3 is 0 Å². The Balaban J connectivity index is 2.09. The minimum Gasteiger partial charge on any atom is -0.0624 e. The summed E-state index contributed by atoms with van der Waals surface area (Å²) in [5, 5.41) is 4.42. The maximum atomic E-state index is 2.55. The van der Waals surface area contributed by atoms with E-state index in [2.05, 4.69) is 231 Å². The summed E-state index contributed by atoms with van der Waals surface area (Å²) < 4.78 is 0. The van der Waals surface area contributed by atoms with Crippen molar-refractivity contribution in [2.45, 2.75) is 131 Å². The molecule has 0 aliphatic carbocycles. The van der Waals surface area contributed by atoms with Crippen LogP contribution < -0.4 is 5.19 Å². The summed E-state index contributed by atoms with van der Waals surface area (Å²) in [6.45, 7) is 36.4. The Hall–Kier alpha value is -4.20. The number of benzene rings is 5. The highest BCUT2D eigenvalue weighted by Crippen LogP contribution is 2.65. The Morgan fingerprint density at radius 3 is 0.836 bits per heavy atom. The van der Waals surface area contributed by atoms with Crippen molar-refractivity contribution in [2.24, 2.45) is 0 Å². The van der Waals surface area contributed by atoms with Crippen LogP contribution in [-0.4, -0.2) is 8.07 Å². The number of hydrogen-bond donors (Lipinski definition) is 0. The average Bonchev–Trinajstić information content (AvgIpc) is 3.43. The van der Waals surface area contributed by atoms with E-state index < -0.39 is 8.07 Å². The number of allylic oxidation sites excluding steroid dienone is 2. The lowest BCUT2D eigenvalue weighted by molar-refractivity contribution is 0.587. The molecule has 5 aromatic carbocycles. The monoisotopic (exact) mass is 742 g/mol. The van der Waals surface area contributed by atoms with Gasteiger partial charge in [0, 0.05) is 0 Å². The minimum atomic E-state index is -3.07. The Morgan fingerprint density at radius 2 is 0.545 bits per heavy atom. The van der Waals surface area contributed by atoms with Crippen LogP contribution >= 0.6 is 0 Å². The zero-order chi connectivity index (χ0) is 40.4. The maximum Gasteiger partial charge on any atom is 0.156 e. The fourth-order valence-electron chi connectivity index (χ4n) is 9.54. The van der Waals surface area contributed by atoms with Gasteiger partial charge in [0.2, 0.25) is 0 Å². The van der Waals surface area contributed by atoms with Crippen LogP contribution in [0.1, 0.15) is 148 Å². The highest BCUT2D eigenvalue weighted by atomic mass is 28.3. The Morgan fingerprint density at radius 1 is 0.291 bits per heavy atom. The van der Waals surface area contributed by atoms with Crippen molar-refractivity contribution >= 4 is 34.8 Å². The molecule has 1 aliphatic rings. The summed E-state index contributed by atoms with van der Waals surface area (Å²) in [5.74, 6) is 0. The molecule has 55 heavy (non-hydrogen) atoms. The van der Waals surface area contributed by atoms with Crippen molar-refractivity contribution in [3.63, 3.8) is 0 Å². The minimum absolute atomic E-state index is 0.0808. The third-order valence-electron chi connectivity index (χ3n) is 11.8. The van der Waals surface area contributed by atoms with Crippen molar-refractivity contribution in [3.8, 4) is 0 Å². The predicted octanol–water partition coefficient (Wildman–Crippen LogP) is 14.6. The van der Waals surface area contributed by atoms with Crippen molar-refractivity contribution < 1.29 is 0 Å². The molecule has 1 heteroatoms. The van der Waals surface area contributed by atoms with Crippen LogP contribution in [-0.2, 0) is 21.7 Å². The summed E-state index contributed by atoms with van der Waals surface area (Å²) in [6, 6.07) is 49.3. The molecule has 1 heterocycles. The van der Waals surface area contributed by atoms with Crippen molar-refractivity contribution in [3.05, 3.63) is 172 Å². The average molecular weight is 743 g/mol. The standard InChI is InChI=1S/C54H66Si/c1-50(2,3)42-33-23-19-29-38(42)46-47(39-30-20-24-34-43(39)51(4,5)6)49(41-32-22-26-36-45(41)53(10,11)12)55(54(13,14)15,37-27-17-16-18-28-37)48(46)40-31-21-25-35-44(40)52(7,8)9/h16-36H,1-15H3. The van der Waals surface area contributed by atoms with Crippen LogP contribution in [0, 0.1) is 0 Å². The molecule has 286 valence electrons. The van der Waals surface area contributed by atoms with Gasteiger partial charge in [-0.15, -0.1) is 0 Å². The van der Waals surface area contributed by atoms with E-state index in [4.69, 9.17) is 0 Å². The van der Waals surface area contributed by atoms with Crippen LogP contribution in [0.5, 0.6) is 0 Å². The van der Waals surface area contributed by atoms with Gasteiger partial charge >= 0.3 is 0 Å². The maximum absolute atomic E-state index is 3.07. The van der Waals surface area contributed by atoms with Crippen LogP contribution in [0.4, 0.5) is 0 Å². The zero-order valence-corrected chi connectivity index (χ0v) is 37.6. The molecule has 0 radical (unpaired) electrons. The first-order chi connectivity index (χ1) is 25.5. The second kappa shape index (κ2) is 14.1. The largest absolute Gasteiger partial charge is 0.156 e. The molecule has 0 aromatic heterocycles. The van der Waals surface area contributed by atoms with Gasteiger partial charge in [0.25, 0.3) is 0 Å². The van der Waals surface area contributed by atoms with Crippen LogP contribution in [0.3, 0.4) is 0 Å². The second-order valence-corrected chi connectivity index (χ2v) is 25.6. The Bertz CT molecular complexity index is 2120. The van der Waals surface area contributed by atoms with E-state index in [0.717, 1.165) is 0 Å². The third-order valence-corrected chi connectivity index (χ3v) is 17.8. The third kappa shape index (κ3) is 7.08. The quantitative estimate of drug-likeness (QED) is 0.157. The molecule has 0 amide bonds. The van der Waals surface area contributed by atoms with Gasteiger partial charge in [0.1, 0.15) is 0 Å². The molecule has 0 N–H and O–H groups in total. The van der Waals surface area contributed by atoms with E-state index in [1.165, 1.54) is 60.8 Å². The molecule has 0 spiro atoms. The van der Waals surface area contributed by atoms with Gasteiger partial charge in [-0.25, -0.2) is 0 Å². The SMILES string of the molecule is CC(C)(C)c1ccccc1C1=C(c2ccccc2C(C)(C)C)[Si](c2ccccc2)(C(C)(C)C)C(c2ccccc2C(C)(C)C)=C1c1ccccc1C(C)(C)C. The lowest BCUT2D eigenvalue weighted by atomic mass is 9.74. The van der Waals surface area contributed by atoms with Crippen molar-refractivity contribution in [1.82, 2.24) is 0 Å². The normalized spacial score (nSPS) is 15.5. The van der Waals surface area contributed by atoms with Crippen molar-refractivity contribution in [2.75, 3.05) is 0 Å². The fraction of sp³-hybridized carbons (Fsp3) is 0.370. The van der Waals surface area contributed by atoms with Gasteiger partial charge in [0.05, 0.1) is 0 Å². The molecular formula is C54H66Si. The first kappa shape index (κ1) is 40.5. The number of hydrogen-bond acceptors (Lipinski definition) is 0. The summed E-state index contributed by atoms with van der Waals surface area (Å²) >= 11 is 0. The summed E-state index contributed by atoms with van der Waals surface area (Å²) in [6.07, 6.45) is 0. The van der Waals surface area contributed by atoms with Gasteiger partial charge in [0.15, 0.2) is 8.07 Å². The molecule has 0 nitrogen and oxygen atoms in total. The molecule has 6 rings (SSSR count). The van der Waals surface area contributed by atoms with Gasteiger partial charge in [-0.2, -0.15) is 0 Å². The predicted molar refractivity (Wildman–Crippen MR) is 246 cm³/mol. The molecule has 0 saturated carbocycles. The molecule has 0 saturated heterocycles. The van der Waals surface area contributed by atoms with E-state index in [1.54, 1.807) is 10.4 Å². The lowest BCUT2D eigenvalue weighted by Crippen LogP contribution is -2.57. The van der Waals surface area contributed by atoms with E-state index in [0.29, 0.717) is 0 Å². The summed E-state index contributed by atoms with van der Waals surface area (Å²) in [4.78, 5) is 0. The first-order valence-corrected chi connectivity index (χ1v) is 22.5. The number of rotatable bonds is 5. The van der Waals surface area contributed by atoms with Crippen molar-refractivity contribution in [1.29, 1.82) is 0 Å². The lowest BCUT2D eigenvalue weighted by Gasteiger charge is -2.47. The highest BCUT2D eigenvalue weighted by molar-refractivity contribution is 7.23. The molecule has 1 aliphatic heterocycles. The fourth-order valence-corrected chi connectivity index (χ4v) is 15.9. The smallest absolute Gasteiger partial charge is 0.0624 e. The van der Waals surface area contributed by atoms with Gasteiger partial charge in [-0.3, -0.25) is 0 Å². The van der Waals surface area contributed by atoms with E-state index in [9.17, 15) is 0 Å². The first-order valence-electron chi connectivity index (χ1n) is 20.5. The van der Waals surface area contributed by atoms with Gasteiger partial charge in [-0.1, -0.05) is 231 Å². The second-order valence-electron chi connectivity index (χ2n) is 21.0. The van der Waals surface area contributed by atoms with Crippen LogP contribution in [0.25, 0.3) is 21.5 Å². The van der Waals surface area contributed by atoms with Crippen LogP contribution in [0.2, 0.25) is 5.04 Å². The topological polar surface area (TPSA) is 0 Å². The van der Waals surface area contributed by atoms with E-state index in [-0.39, 0.29) is 26.7 Å². The summed E-state index contributed by atoms with van der Waals surface area (Å²) in [5.41, 5.74) is 13.6. The van der Waals surface area contributed by atoms with E-state index >= 15 is 0 Å². The Labute approximate surface area is 335 Å². The van der Waals surface area contributed by atoms with Crippen LogP contribution in [0.15, 0.2) is 127 Å². The summed E-state index contributed by atoms with van der Waals surface area (Å²) in [7, 11) is -3.07.